The molecule has 5 heteroatoms. The molecule has 0 unspecified atom stereocenters. The number of thioether (sulfide) groups is 1. The van der Waals surface area contributed by atoms with Crippen molar-refractivity contribution in [1.82, 2.24) is 9.97 Å². The Morgan fingerprint density at radius 2 is 2.23 bits per heavy atom. The molecule has 0 fully saturated rings. The van der Waals surface area contributed by atoms with Gasteiger partial charge in [0.2, 0.25) is 0 Å². The van der Waals surface area contributed by atoms with Crippen LogP contribution in [0.1, 0.15) is 0 Å². The maximum absolute atomic E-state index is 10.2. The van der Waals surface area contributed by atoms with Crippen LogP contribution >= 0.6 is 11.8 Å². The molecule has 0 radical (unpaired) electrons. The first-order chi connectivity index (χ1) is 6.25. The lowest BCUT2D eigenvalue weighted by atomic mass is 10.3. The maximum atomic E-state index is 10.2. The summed E-state index contributed by atoms with van der Waals surface area (Å²) in [4.78, 5) is 17.1. The summed E-state index contributed by atoms with van der Waals surface area (Å²) in [7, 11) is 0. The second-order valence-electron chi connectivity index (χ2n) is 2.41. The number of H-pyrrole nitrogens is 1. The van der Waals surface area contributed by atoms with Gasteiger partial charge in [-0.2, -0.15) is 0 Å². The highest BCUT2D eigenvalue weighted by Crippen LogP contribution is 2.18. The summed E-state index contributed by atoms with van der Waals surface area (Å²) in [5, 5.41) is 9.38. The smallest absolute Gasteiger partial charge is 0.172 e. The Balaban J connectivity index is 2.44. The van der Waals surface area contributed by atoms with Crippen LogP contribution in [0.3, 0.4) is 0 Å². The Morgan fingerprint density at radius 1 is 1.46 bits per heavy atom. The zero-order chi connectivity index (χ0) is 9.26. The van der Waals surface area contributed by atoms with Crippen LogP contribution in [0.15, 0.2) is 29.4 Å². The van der Waals surface area contributed by atoms with Gasteiger partial charge < -0.3 is 14.9 Å². The normalized spacial score (nSPS) is 10.5. The van der Waals surface area contributed by atoms with E-state index in [9.17, 15) is 9.90 Å². The molecule has 1 N–H and O–H groups in total. The maximum Gasteiger partial charge on any atom is 0.172 e. The van der Waals surface area contributed by atoms with E-state index in [1.807, 2.05) is 24.3 Å². The van der Waals surface area contributed by atoms with Gasteiger partial charge in [-0.25, -0.2) is 4.98 Å². The second kappa shape index (κ2) is 3.10. The lowest BCUT2D eigenvalue weighted by Gasteiger charge is -1.94. The molecule has 13 heavy (non-hydrogen) atoms. The van der Waals surface area contributed by atoms with E-state index in [0.717, 1.165) is 11.0 Å². The van der Waals surface area contributed by atoms with Gasteiger partial charge in [0.15, 0.2) is 5.16 Å². The van der Waals surface area contributed by atoms with Crippen molar-refractivity contribution in [2.24, 2.45) is 0 Å². The number of aromatic amines is 1. The predicted molar refractivity (Wildman–Crippen MR) is 47.3 cm³/mol. The number of nitrogens with zero attached hydrogens (tertiary/aromatic N) is 1. The second-order valence-corrected chi connectivity index (χ2v) is 3.34. The largest absolute Gasteiger partial charge is 0.538 e. The Kier molecular flexibility index (Phi) is 1.94. The third-order valence-electron chi connectivity index (χ3n) is 1.55. The first-order valence-electron chi connectivity index (χ1n) is 3.59. The Bertz CT molecular complexity index is 419. The summed E-state index contributed by atoms with van der Waals surface area (Å²) in [6.45, 7) is 0. The van der Waals surface area contributed by atoms with E-state index in [-0.39, 0.29) is 0 Å². The molecular weight excluding hydrogens is 188 g/mol. The summed E-state index contributed by atoms with van der Waals surface area (Å²) >= 11 is 0.563. The summed E-state index contributed by atoms with van der Waals surface area (Å²) in [5.41, 5.74) is 1.58. The molecular formula is C8H5N2O2S-. The zero-order valence-electron chi connectivity index (χ0n) is 6.48. The summed E-state index contributed by atoms with van der Waals surface area (Å²) in [6, 6.07) is 7.34. The molecule has 2 aromatic rings. The van der Waals surface area contributed by atoms with E-state index in [4.69, 9.17) is 0 Å². The van der Waals surface area contributed by atoms with Gasteiger partial charge in [0.05, 0.1) is 11.0 Å². The molecule has 0 saturated heterocycles. The predicted octanol–water partition coefficient (Wildman–Crippen LogP) is 0.998. The van der Waals surface area contributed by atoms with E-state index in [2.05, 4.69) is 9.97 Å². The molecule has 1 aromatic carbocycles. The highest BCUT2D eigenvalue weighted by Gasteiger charge is 2.01. The van der Waals surface area contributed by atoms with Crippen molar-refractivity contribution >= 4 is 28.1 Å². The number of carboxylic acid groups (broad SMARTS) is 1. The molecule has 0 saturated carbocycles. The van der Waals surface area contributed by atoms with Crippen LogP contribution in [0.5, 0.6) is 0 Å². The average Bonchev–Trinajstić information content (AvgIpc) is 2.44. The molecule has 0 aliphatic rings. The fourth-order valence-electron chi connectivity index (χ4n) is 1.06. The number of carbonyl (C=O) groups is 1. The first-order valence-corrected chi connectivity index (χ1v) is 4.41. The highest BCUT2D eigenvalue weighted by atomic mass is 32.2. The van der Waals surface area contributed by atoms with Crippen molar-refractivity contribution in [3.8, 4) is 0 Å². The molecule has 0 aliphatic carbocycles. The van der Waals surface area contributed by atoms with Gasteiger partial charge in [-0.15, -0.1) is 0 Å². The number of hydrogen-bond donors (Lipinski definition) is 1. The van der Waals surface area contributed by atoms with Gasteiger partial charge in [0, 0.05) is 0 Å². The molecule has 0 amide bonds. The van der Waals surface area contributed by atoms with Crippen LogP contribution in [-0.2, 0) is 0 Å². The van der Waals surface area contributed by atoms with Gasteiger partial charge >= 0.3 is 0 Å². The van der Waals surface area contributed by atoms with Gasteiger partial charge in [-0.1, -0.05) is 12.1 Å². The van der Waals surface area contributed by atoms with E-state index >= 15 is 0 Å². The van der Waals surface area contributed by atoms with Gasteiger partial charge in [0.1, 0.15) is 5.30 Å². The quantitative estimate of drug-likeness (QED) is 0.686. The Hall–Kier alpha value is -1.49. The van der Waals surface area contributed by atoms with Crippen LogP contribution in [-0.4, -0.2) is 15.3 Å². The minimum absolute atomic E-state index is 0.348. The SMILES string of the molecule is O=C([O-])Sc1nc2ccccc2[nH]1. The van der Waals surface area contributed by atoms with Crippen LogP contribution in [0.4, 0.5) is 4.79 Å². The van der Waals surface area contributed by atoms with Crippen molar-refractivity contribution < 1.29 is 9.90 Å². The number of fused-ring (bicyclic) bond motifs is 1. The standard InChI is InChI=1S/C8H6N2O2S/c11-8(12)13-7-9-5-3-1-2-4-6(5)10-7/h1-4H,(H,9,10)(H,11,12)/p-1. The number of benzene rings is 1. The van der Waals surface area contributed by atoms with Gasteiger partial charge in [-0.3, -0.25) is 0 Å². The van der Waals surface area contributed by atoms with E-state index in [1.54, 1.807) is 0 Å². The number of carbonyl (C=O) groups excluding carboxylic acids is 1. The summed E-state index contributed by atoms with van der Waals surface area (Å²) in [6.07, 6.45) is 0. The average molecular weight is 193 g/mol. The first kappa shape index (κ1) is 8.12. The van der Waals surface area contributed by atoms with Gasteiger partial charge in [0.25, 0.3) is 0 Å². The number of para-hydroxylation sites is 2. The van der Waals surface area contributed by atoms with Crippen molar-refractivity contribution in [2.75, 3.05) is 0 Å². The number of imidazole rings is 1. The zero-order valence-corrected chi connectivity index (χ0v) is 7.30. The summed E-state index contributed by atoms with van der Waals surface area (Å²) < 4.78 is 0. The van der Waals surface area contributed by atoms with Crippen molar-refractivity contribution in [1.29, 1.82) is 0 Å². The molecule has 0 spiro atoms. The van der Waals surface area contributed by atoms with Gasteiger partial charge in [-0.05, 0) is 23.9 Å². The molecule has 1 heterocycles. The molecule has 2 rings (SSSR count). The van der Waals surface area contributed by atoms with Crippen molar-refractivity contribution in [2.45, 2.75) is 5.16 Å². The third-order valence-corrected chi connectivity index (χ3v) is 2.10. The molecule has 1 aromatic heterocycles. The lowest BCUT2D eigenvalue weighted by molar-refractivity contribution is -0.232. The highest BCUT2D eigenvalue weighted by molar-refractivity contribution is 8.12. The van der Waals surface area contributed by atoms with Crippen LogP contribution in [0, 0.1) is 0 Å². The number of nitrogens with one attached hydrogen (secondary N) is 1. The van der Waals surface area contributed by atoms with Crippen LogP contribution < -0.4 is 5.11 Å². The fourth-order valence-corrected chi connectivity index (χ4v) is 1.52. The molecule has 66 valence electrons. The lowest BCUT2D eigenvalue weighted by Crippen LogP contribution is -2.15. The van der Waals surface area contributed by atoms with E-state index < -0.39 is 5.30 Å². The number of hydrogen-bond acceptors (Lipinski definition) is 4. The minimum Gasteiger partial charge on any atom is -0.538 e. The van der Waals surface area contributed by atoms with Crippen LogP contribution in [0.2, 0.25) is 0 Å². The van der Waals surface area contributed by atoms with Crippen LogP contribution in [0.25, 0.3) is 11.0 Å². The fraction of sp³-hybridized carbons (Fsp3) is 0. The monoisotopic (exact) mass is 193 g/mol. The van der Waals surface area contributed by atoms with E-state index in [1.165, 1.54) is 0 Å². The topological polar surface area (TPSA) is 68.8 Å². The van der Waals surface area contributed by atoms with Crippen molar-refractivity contribution in [3.63, 3.8) is 0 Å². The molecule has 0 atom stereocenters. The van der Waals surface area contributed by atoms with Crippen molar-refractivity contribution in [3.05, 3.63) is 24.3 Å². The molecule has 4 nitrogen and oxygen atoms in total. The molecule has 0 aliphatic heterocycles. The Morgan fingerprint density at radius 3 is 2.92 bits per heavy atom. The number of rotatable bonds is 1. The van der Waals surface area contributed by atoms with E-state index in [0.29, 0.717) is 16.9 Å². The summed E-state index contributed by atoms with van der Waals surface area (Å²) in [5.74, 6) is 0. The Labute approximate surface area is 78.0 Å². The minimum atomic E-state index is -1.21. The molecule has 0 bridgehead atoms. The third kappa shape index (κ3) is 1.65. The number of aromatic nitrogens is 2.